The first-order valence-electron chi connectivity index (χ1n) is 7.36. The van der Waals surface area contributed by atoms with Gasteiger partial charge in [-0.05, 0) is 35.6 Å². The van der Waals surface area contributed by atoms with Crippen molar-refractivity contribution in [1.82, 2.24) is 0 Å². The number of rotatable bonds is 5. The maximum absolute atomic E-state index is 10.7. The third-order valence-corrected chi connectivity index (χ3v) is 4.80. The monoisotopic (exact) mass is 393 g/mol. The fourth-order valence-electron chi connectivity index (χ4n) is 2.28. The summed E-state index contributed by atoms with van der Waals surface area (Å²) in [5.41, 5.74) is 1.79. The van der Waals surface area contributed by atoms with E-state index < -0.39 is 4.92 Å². The molecule has 0 amide bonds. The lowest BCUT2D eigenvalue weighted by molar-refractivity contribution is -0.627. The van der Waals surface area contributed by atoms with Gasteiger partial charge in [0.1, 0.15) is 16.4 Å². The second kappa shape index (κ2) is 8.07. The molecule has 0 spiro atoms. The lowest BCUT2D eigenvalue weighted by Crippen LogP contribution is -3.00. The van der Waals surface area contributed by atoms with Crippen LogP contribution in [-0.2, 0) is 7.05 Å². The highest BCUT2D eigenvalue weighted by molar-refractivity contribution is 7.21. The largest absolute Gasteiger partial charge is 1.00 e. The van der Waals surface area contributed by atoms with E-state index in [1.54, 1.807) is 31.3 Å². The number of halogens is 1. The smallest absolute Gasteiger partial charge is 0.411 e. The first-order chi connectivity index (χ1) is 12.0. The van der Waals surface area contributed by atoms with Gasteiger partial charge in [-0.1, -0.05) is 0 Å². The highest BCUT2D eigenvalue weighted by atomic mass is 35.5. The van der Waals surface area contributed by atoms with Crippen molar-refractivity contribution in [2.75, 3.05) is 19.2 Å². The molecule has 3 aromatic rings. The van der Waals surface area contributed by atoms with Gasteiger partial charge in [0, 0.05) is 25.2 Å². The zero-order chi connectivity index (χ0) is 18.0. The van der Waals surface area contributed by atoms with Crippen molar-refractivity contribution in [3.8, 4) is 5.75 Å². The average Bonchev–Trinajstić information content (AvgIpc) is 2.94. The van der Waals surface area contributed by atoms with Crippen LogP contribution in [0.2, 0.25) is 0 Å². The first-order valence-corrected chi connectivity index (χ1v) is 8.17. The van der Waals surface area contributed by atoms with Gasteiger partial charge in [-0.2, -0.15) is 0 Å². The lowest BCUT2D eigenvalue weighted by Gasteiger charge is -2.07. The van der Waals surface area contributed by atoms with E-state index in [-0.39, 0.29) is 18.1 Å². The Balaban J connectivity index is 0.00000243. The van der Waals surface area contributed by atoms with Crippen LogP contribution < -0.4 is 26.7 Å². The van der Waals surface area contributed by atoms with E-state index in [0.29, 0.717) is 5.69 Å². The summed E-state index contributed by atoms with van der Waals surface area (Å²) >= 11 is 1.50. The first kappa shape index (κ1) is 19.5. The van der Waals surface area contributed by atoms with Gasteiger partial charge in [0.15, 0.2) is 0 Å². The molecule has 0 fully saturated rings. The molecule has 26 heavy (non-hydrogen) atoms. The van der Waals surface area contributed by atoms with Crippen molar-refractivity contribution in [2.24, 2.45) is 17.4 Å². The van der Waals surface area contributed by atoms with E-state index in [4.69, 9.17) is 4.74 Å². The van der Waals surface area contributed by atoms with Crippen LogP contribution in [-0.4, -0.2) is 19.1 Å². The molecule has 0 unspecified atom stereocenters. The zero-order valence-electron chi connectivity index (χ0n) is 14.3. The number of benzene rings is 2. The Kier molecular flexibility index (Phi) is 6.06. The number of methoxy groups -OCH3 is 1. The van der Waals surface area contributed by atoms with E-state index in [1.165, 1.54) is 23.5 Å². The molecule has 0 radical (unpaired) electrons. The quantitative estimate of drug-likeness (QED) is 0.277. The number of non-ortho nitro benzene ring substituents is 1. The molecule has 0 saturated carbocycles. The van der Waals surface area contributed by atoms with Gasteiger partial charge < -0.3 is 17.1 Å². The summed E-state index contributed by atoms with van der Waals surface area (Å²) in [5.74, 6) is 0.792. The molecular weight excluding hydrogens is 378 g/mol. The maximum atomic E-state index is 10.7. The number of nitro benzene ring substituents is 1. The molecule has 1 heterocycles. The summed E-state index contributed by atoms with van der Waals surface area (Å²) in [6.07, 6.45) is 0. The summed E-state index contributed by atoms with van der Waals surface area (Å²) < 4.78 is 8.24. The number of aryl methyl sites for hydroxylation is 1. The Morgan fingerprint density at radius 1 is 1.23 bits per heavy atom. The lowest BCUT2D eigenvalue weighted by atomic mass is 10.3. The van der Waals surface area contributed by atoms with Gasteiger partial charge in [0.2, 0.25) is 0 Å². The van der Waals surface area contributed by atoms with E-state index in [2.05, 4.69) is 10.3 Å². The number of anilines is 1. The van der Waals surface area contributed by atoms with Crippen LogP contribution in [0.3, 0.4) is 0 Å². The van der Waals surface area contributed by atoms with Gasteiger partial charge >= 0.3 is 5.13 Å². The minimum atomic E-state index is -0.434. The summed E-state index contributed by atoms with van der Waals surface area (Å²) in [7, 11) is 5.29. The summed E-state index contributed by atoms with van der Waals surface area (Å²) in [5, 5.41) is 21.5. The molecule has 1 aromatic heterocycles. The topological polar surface area (TPSA) is 84.2 Å². The Morgan fingerprint density at radius 2 is 1.92 bits per heavy atom. The predicted octanol–water partition coefficient (Wildman–Crippen LogP) is 0.782. The highest BCUT2D eigenvalue weighted by Gasteiger charge is 2.17. The van der Waals surface area contributed by atoms with Crippen molar-refractivity contribution in [1.29, 1.82) is 0 Å². The maximum Gasteiger partial charge on any atom is 0.411 e. The standard InChI is InChI=1S/C16H16N5O3S.ClH/c1-19-14-9-8-13(24-3)10-15(14)25-16(19)17-18-20(2)11-4-6-12(7-5-11)21(22)23;/h4-10H,1-3H3;1H/q+1;/p-1. The van der Waals surface area contributed by atoms with Crippen LogP contribution in [0.25, 0.3) is 10.2 Å². The van der Waals surface area contributed by atoms with Gasteiger partial charge in [0.25, 0.3) is 5.69 Å². The van der Waals surface area contributed by atoms with Crippen LogP contribution in [0.4, 0.5) is 16.5 Å². The molecule has 0 aliphatic carbocycles. The second-order valence-electron chi connectivity index (χ2n) is 5.26. The van der Waals surface area contributed by atoms with Crippen LogP contribution in [0.1, 0.15) is 0 Å². The number of aromatic nitrogens is 1. The van der Waals surface area contributed by atoms with E-state index >= 15 is 0 Å². The van der Waals surface area contributed by atoms with Crippen molar-refractivity contribution >= 4 is 38.1 Å². The fraction of sp³-hybridized carbons (Fsp3) is 0.188. The Labute approximate surface area is 159 Å². The molecule has 136 valence electrons. The van der Waals surface area contributed by atoms with E-state index in [0.717, 1.165) is 21.1 Å². The Morgan fingerprint density at radius 3 is 2.54 bits per heavy atom. The van der Waals surface area contributed by atoms with E-state index in [9.17, 15) is 10.1 Å². The van der Waals surface area contributed by atoms with Gasteiger partial charge in [-0.25, -0.2) is 9.58 Å². The van der Waals surface area contributed by atoms with Crippen LogP contribution in [0.5, 0.6) is 5.75 Å². The van der Waals surface area contributed by atoms with E-state index in [1.807, 2.05) is 29.8 Å². The molecule has 2 aromatic carbocycles. The third-order valence-electron chi connectivity index (χ3n) is 3.72. The number of nitrogens with zero attached hydrogens (tertiary/aromatic N) is 5. The Hall–Kier alpha value is -2.78. The van der Waals surface area contributed by atoms with Crippen LogP contribution in [0, 0.1) is 10.1 Å². The number of thiazole rings is 1. The predicted molar refractivity (Wildman–Crippen MR) is 95.6 cm³/mol. The SMILES string of the molecule is COc1ccc2c(c1)sc(/N=N/N(C)c1ccc([N+](=O)[O-])cc1)[n+]2C.[Cl-]. The van der Waals surface area contributed by atoms with Crippen LogP contribution >= 0.6 is 11.3 Å². The number of hydrogen-bond donors (Lipinski definition) is 0. The highest BCUT2D eigenvalue weighted by Crippen LogP contribution is 2.29. The average molecular weight is 394 g/mol. The molecule has 0 saturated heterocycles. The van der Waals surface area contributed by atoms with Crippen molar-refractivity contribution in [3.63, 3.8) is 0 Å². The zero-order valence-corrected chi connectivity index (χ0v) is 15.9. The molecule has 0 aliphatic rings. The van der Waals surface area contributed by atoms with Crippen molar-refractivity contribution in [2.45, 2.75) is 0 Å². The molecule has 3 rings (SSSR count). The third kappa shape index (κ3) is 3.89. The molecule has 0 aliphatic heterocycles. The van der Waals surface area contributed by atoms with Crippen molar-refractivity contribution < 1.29 is 26.6 Å². The molecule has 0 N–H and O–H groups in total. The molecule has 0 atom stereocenters. The number of hydrogen-bond acceptors (Lipinski definition) is 6. The normalized spacial score (nSPS) is 10.7. The van der Waals surface area contributed by atoms with Gasteiger partial charge in [-0.15, -0.1) is 0 Å². The Bertz CT molecular complexity index is 958. The summed E-state index contributed by atoms with van der Waals surface area (Å²) in [6, 6.07) is 12.0. The molecule has 8 nitrogen and oxygen atoms in total. The fourth-order valence-corrected chi connectivity index (χ4v) is 3.28. The van der Waals surface area contributed by atoms with Gasteiger partial charge in [0.05, 0.1) is 34.7 Å². The molecular formula is C16H16ClN5O3S. The summed E-state index contributed by atoms with van der Waals surface area (Å²) in [6.45, 7) is 0. The number of ether oxygens (including phenoxy) is 1. The number of fused-ring (bicyclic) bond motifs is 1. The molecule has 0 bridgehead atoms. The van der Waals surface area contributed by atoms with Crippen LogP contribution in [0.15, 0.2) is 52.8 Å². The second-order valence-corrected chi connectivity index (χ2v) is 6.27. The number of nitro groups is 1. The van der Waals surface area contributed by atoms with Crippen molar-refractivity contribution in [3.05, 3.63) is 52.6 Å². The minimum Gasteiger partial charge on any atom is -1.00 e. The van der Waals surface area contributed by atoms with Gasteiger partial charge in [-0.3, -0.25) is 10.1 Å². The summed E-state index contributed by atoms with van der Waals surface area (Å²) in [4.78, 5) is 10.3. The molecule has 10 heteroatoms. The minimum absolute atomic E-state index is 0.